The molecule has 1 amide bonds. The number of nitrogens with zero attached hydrogens (tertiary/aromatic N) is 4. The number of nitrogens with one attached hydrogen (secondary N) is 3. The highest BCUT2D eigenvalue weighted by atomic mass is 16.5. The third-order valence-electron chi connectivity index (χ3n) is 6.24. The van der Waals surface area contributed by atoms with E-state index >= 15 is 0 Å². The van der Waals surface area contributed by atoms with E-state index in [2.05, 4.69) is 35.8 Å². The summed E-state index contributed by atoms with van der Waals surface area (Å²) in [5.41, 5.74) is 7.06. The summed E-state index contributed by atoms with van der Waals surface area (Å²) in [5.74, 6) is 0.776. The van der Waals surface area contributed by atoms with E-state index in [0.29, 0.717) is 17.4 Å². The average molecular weight is 514 g/mol. The van der Waals surface area contributed by atoms with Crippen molar-refractivity contribution >= 4 is 45.4 Å². The first-order valence-corrected chi connectivity index (χ1v) is 12.2. The number of fused-ring (bicyclic) bond motifs is 2. The smallest absolute Gasteiger partial charge is 0.287 e. The molecule has 0 fully saturated rings. The van der Waals surface area contributed by atoms with Gasteiger partial charge in [0.15, 0.2) is 0 Å². The van der Waals surface area contributed by atoms with Crippen LogP contribution < -0.4 is 15.5 Å². The highest BCUT2D eigenvalue weighted by molar-refractivity contribution is 6.03. The Bertz CT molecular complexity index is 1830. The summed E-state index contributed by atoms with van der Waals surface area (Å²) in [7, 11) is 1.61. The van der Waals surface area contributed by atoms with E-state index in [9.17, 15) is 4.79 Å². The number of aromatic nitrogens is 4. The number of ether oxygens (including phenoxy) is 1. The minimum Gasteiger partial charge on any atom is -0.496 e. The maximum atomic E-state index is 12.8. The molecule has 0 saturated heterocycles. The first kappa shape index (κ1) is 23.8. The molecule has 6 aromatic rings. The lowest BCUT2D eigenvalue weighted by atomic mass is 10.0. The fourth-order valence-corrected chi connectivity index (χ4v) is 4.36. The van der Waals surface area contributed by atoms with Crippen molar-refractivity contribution < 1.29 is 9.53 Å². The van der Waals surface area contributed by atoms with Crippen molar-refractivity contribution in [3.8, 4) is 17.0 Å². The molecule has 3 heterocycles. The second-order valence-electron chi connectivity index (χ2n) is 8.72. The predicted molar refractivity (Wildman–Crippen MR) is 152 cm³/mol. The Morgan fingerprint density at radius 2 is 1.90 bits per heavy atom. The van der Waals surface area contributed by atoms with Crippen LogP contribution in [0.15, 0.2) is 103 Å². The molecule has 3 aromatic carbocycles. The van der Waals surface area contributed by atoms with Crippen molar-refractivity contribution in [1.82, 2.24) is 25.4 Å². The quantitative estimate of drug-likeness (QED) is 0.187. The Labute approximate surface area is 223 Å². The molecule has 3 aromatic heterocycles. The van der Waals surface area contributed by atoms with E-state index in [4.69, 9.17) is 4.74 Å². The van der Waals surface area contributed by atoms with Gasteiger partial charge in [-0.2, -0.15) is 5.10 Å². The maximum Gasteiger partial charge on any atom is 0.287 e. The Balaban J connectivity index is 1.18. The number of hydrogen-bond donors (Lipinski definition) is 3. The first-order valence-electron chi connectivity index (χ1n) is 12.2. The van der Waals surface area contributed by atoms with Gasteiger partial charge in [-0.25, -0.2) is 15.4 Å². The SMILES string of the molecule is COc1ccc2ccccc2c1/C=N/NC(=O)c1cc2cc(Nc3nccc(-c4cccnc4)n3)ccc2[nH]1. The maximum absolute atomic E-state index is 12.8. The number of benzene rings is 3. The number of amides is 1. The molecule has 0 aliphatic heterocycles. The van der Waals surface area contributed by atoms with Gasteiger partial charge in [-0.3, -0.25) is 9.78 Å². The molecule has 39 heavy (non-hydrogen) atoms. The van der Waals surface area contributed by atoms with Crippen molar-refractivity contribution in [1.29, 1.82) is 0 Å². The largest absolute Gasteiger partial charge is 0.496 e. The van der Waals surface area contributed by atoms with Crippen molar-refractivity contribution in [2.45, 2.75) is 0 Å². The molecule has 190 valence electrons. The topological polar surface area (TPSA) is 117 Å². The van der Waals surface area contributed by atoms with E-state index in [-0.39, 0.29) is 5.91 Å². The van der Waals surface area contributed by atoms with Crippen molar-refractivity contribution in [2.24, 2.45) is 5.10 Å². The fraction of sp³-hybridized carbons (Fsp3) is 0.0333. The van der Waals surface area contributed by atoms with Crippen LogP contribution in [0.1, 0.15) is 16.1 Å². The highest BCUT2D eigenvalue weighted by Gasteiger charge is 2.11. The zero-order chi connectivity index (χ0) is 26.6. The van der Waals surface area contributed by atoms with Crippen LogP contribution in [0.25, 0.3) is 32.9 Å². The first-order chi connectivity index (χ1) is 19.2. The van der Waals surface area contributed by atoms with Gasteiger partial charge in [0.25, 0.3) is 5.91 Å². The summed E-state index contributed by atoms with van der Waals surface area (Å²) < 4.78 is 5.49. The summed E-state index contributed by atoms with van der Waals surface area (Å²) in [6.45, 7) is 0. The van der Waals surface area contributed by atoms with Crippen LogP contribution in [0.2, 0.25) is 0 Å². The number of H-pyrrole nitrogens is 1. The van der Waals surface area contributed by atoms with E-state index in [0.717, 1.165) is 44.2 Å². The molecule has 0 aliphatic rings. The fourth-order valence-electron chi connectivity index (χ4n) is 4.36. The number of hydrazone groups is 1. The minimum absolute atomic E-state index is 0.358. The molecule has 6 rings (SSSR count). The van der Waals surface area contributed by atoms with Gasteiger partial charge in [-0.1, -0.05) is 30.3 Å². The van der Waals surface area contributed by atoms with Crippen LogP contribution in [-0.4, -0.2) is 39.2 Å². The molecule has 0 unspecified atom stereocenters. The van der Waals surface area contributed by atoms with Gasteiger partial charge in [-0.05, 0) is 59.3 Å². The molecule has 0 saturated carbocycles. The van der Waals surface area contributed by atoms with Gasteiger partial charge in [-0.15, -0.1) is 0 Å². The summed E-state index contributed by atoms with van der Waals surface area (Å²) in [6.07, 6.45) is 6.78. The Morgan fingerprint density at radius 3 is 2.77 bits per heavy atom. The van der Waals surface area contributed by atoms with Crippen LogP contribution in [-0.2, 0) is 0 Å². The van der Waals surface area contributed by atoms with E-state index in [1.54, 1.807) is 38.0 Å². The van der Waals surface area contributed by atoms with Crippen molar-refractivity contribution in [3.05, 3.63) is 109 Å². The number of aromatic amines is 1. The molecule has 0 atom stereocenters. The lowest BCUT2D eigenvalue weighted by Gasteiger charge is -2.08. The third-order valence-corrected chi connectivity index (χ3v) is 6.24. The number of pyridine rings is 1. The molecular weight excluding hydrogens is 490 g/mol. The Hall–Kier alpha value is -5.57. The van der Waals surface area contributed by atoms with Gasteiger partial charge >= 0.3 is 0 Å². The molecule has 9 heteroatoms. The van der Waals surface area contributed by atoms with Crippen LogP contribution in [0, 0.1) is 0 Å². The minimum atomic E-state index is -0.358. The number of hydrogen-bond acceptors (Lipinski definition) is 7. The van der Waals surface area contributed by atoms with Crippen LogP contribution in [0.4, 0.5) is 11.6 Å². The third kappa shape index (κ3) is 5.01. The van der Waals surface area contributed by atoms with Gasteiger partial charge in [0.1, 0.15) is 11.4 Å². The molecule has 0 aliphatic carbocycles. The molecule has 0 bridgehead atoms. The molecule has 9 nitrogen and oxygen atoms in total. The number of anilines is 2. The van der Waals surface area contributed by atoms with E-state index in [1.165, 1.54) is 0 Å². The molecule has 0 spiro atoms. The lowest BCUT2D eigenvalue weighted by molar-refractivity contribution is 0.0951. The van der Waals surface area contributed by atoms with Crippen molar-refractivity contribution in [3.63, 3.8) is 0 Å². The Morgan fingerprint density at radius 1 is 0.974 bits per heavy atom. The highest BCUT2D eigenvalue weighted by Crippen LogP contribution is 2.27. The predicted octanol–water partition coefficient (Wildman–Crippen LogP) is 5.69. The Kier molecular flexibility index (Phi) is 6.36. The number of methoxy groups -OCH3 is 1. The molecular formula is C30H23N7O2. The molecule has 3 N–H and O–H groups in total. The van der Waals surface area contributed by atoms with Crippen LogP contribution in [0.5, 0.6) is 5.75 Å². The van der Waals surface area contributed by atoms with Crippen LogP contribution >= 0.6 is 0 Å². The number of carbonyl (C=O) groups excluding carboxylic acids is 1. The monoisotopic (exact) mass is 513 g/mol. The molecule has 0 radical (unpaired) electrons. The average Bonchev–Trinajstić information content (AvgIpc) is 3.41. The van der Waals surface area contributed by atoms with Gasteiger partial charge < -0.3 is 15.0 Å². The van der Waals surface area contributed by atoms with E-state index in [1.807, 2.05) is 72.8 Å². The number of carbonyl (C=O) groups is 1. The summed E-state index contributed by atoms with van der Waals surface area (Å²) in [6, 6.07) is 24.9. The summed E-state index contributed by atoms with van der Waals surface area (Å²) in [4.78, 5) is 29.0. The van der Waals surface area contributed by atoms with Gasteiger partial charge in [0.05, 0.1) is 19.0 Å². The van der Waals surface area contributed by atoms with Gasteiger partial charge in [0, 0.05) is 46.3 Å². The zero-order valence-electron chi connectivity index (χ0n) is 20.9. The number of rotatable bonds is 7. The lowest BCUT2D eigenvalue weighted by Crippen LogP contribution is -2.18. The standard InChI is InChI=1S/C30H23N7O2/c1-39-28-11-8-19-5-2-3-7-23(19)24(28)18-33-37-29(38)27-16-21-15-22(9-10-25(21)35-27)34-30-32-14-12-26(36-30)20-6-4-13-31-17-20/h2-18,35H,1H3,(H,37,38)(H,32,34,36)/b33-18+. The summed E-state index contributed by atoms with van der Waals surface area (Å²) >= 11 is 0. The zero-order valence-corrected chi connectivity index (χ0v) is 20.9. The van der Waals surface area contributed by atoms with Crippen LogP contribution in [0.3, 0.4) is 0 Å². The second-order valence-corrected chi connectivity index (χ2v) is 8.72. The van der Waals surface area contributed by atoms with Crippen molar-refractivity contribution in [2.75, 3.05) is 12.4 Å². The normalized spacial score (nSPS) is 11.2. The summed E-state index contributed by atoms with van der Waals surface area (Å²) in [5, 5.41) is 10.3. The van der Waals surface area contributed by atoms with Gasteiger partial charge in [0.2, 0.25) is 5.95 Å². The second kappa shape index (κ2) is 10.4. The van der Waals surface area contributed by atoms with E-state index < -0.39 is 0 Å².